The van der Waals surface area contributed by atoms with Gasteiger partial charge in [0.2, 0.25) is 6.10 Å². The number of ether oxygens (including phenoxy) is 6. The third-order valence-corrected chi connectivity index (χ3v) is 15.0. The van der Waals surface area contributed by atoms with E-state index in [4.69, 9.17) is 28.4 Å². The lowest BCUT2D eigenvalue weighted by Gasteiger charge is -2.67. The number of amides is 1. The Morgan fingerprint density at radius 1 is 0.859 bits per heavy atom. The Bertz CT molecular complexity index is 2770. The number of nitro benzene ring substituents is 1. The minimum Gasteiger partial charge on any atom is -0.455 e. The number of fused-ring (bicyclic) bond motifs is 5. The van der Waals surface area contributed by atoms with Crippen LogP contribution in [0.25, 0.3) is 0 Å². The molecule has 3 aliphatic carbocycles. The van der Waals surface area contributed by atoms with E-state index in [0.717, 1.165) is 24.3 Å². The Kier molecular flexibility index (Phi) is 13.5. The minimum atomic E-state index is -2.33. The number of aliphatic hydroxyl groups excluding tert-OH is 1. The number of hydrogen-bond acceptors (Lipinski definition) is 16. The van der Waals surface area contributed by atoms with Gasteiger partial charge in [-0.05, 0) is 67.0 Å². The maximum absolute atomic E-state index is 15.5. The van der Waals surface area contributed by atoms with Gasteiger partial charge in [-0.15, -0.1) is 0 Å². The summed E-state index contributed by atoms with van der Waals surface area (Å²) in [5.41, 5.74) is -6.53. The third kappa shape index (κ3) is 8.84. The van der Waals surface area contributed by atoms with Crippen LogP contribution in [0, 0.1) is 32.8 Å². The van der Waals surface area contributed by atoms with Crippen LogP contribution in [0.15, 0.2) is 126 Å². The normalized spacial score (nSPS) is 29.2. The fraction of sp³-hybridized carbons (Fsp3) is 0.396. The molecular formula is C53H54N2O16. The van der Waals surface area contributed by atoms with Crippen LogP contribution in [0.1, 0.15) is 86.7 Å². The Morgan fingerprint density at radius 3 is 2.01 bits per heavy atom. The van der Waals surface area contributed by atoms with E-state index in [1.807, 2.05) is 0 Å². The predicted molar refractivity (Wildman–Crippen MR) is 249 cm³/mol. The van der Waals surface area contributed by atoms with Crippen molar-refractivity contribution < 1.29 is 72.3 Å². The highest BCUT2D eigenvalue weighted by Gasteiger charge is 2.77. The van der Waals surface area contributed by atoms with Crippen molar-refractivity contribution in [2.75, 3.05) is 6.61 Å². The first kappa shape index (κ1) is 50.1. The second kappa shape index (κ2) is 19.1. The molecule has 1 saturated heterocycles. The zero-order valence-electron chi connectivity index (χ0n) is 39.8. The monoisotopic (exact) mass is 974 g/mol. The molecule has 372 valence electrons. The highest BCUT2D eigenvalue weighted by molar-refractivity contribution is 5.95. The number of carbonyl (C=O) groups excluding carboxylic acids is 6. The van der Waals surface area contributed by atoms with Crippen LogP contribution in [0.4, 0.5) is 10.5 Å². The molecule has 1 amide bonds. The molecule has 18 heteroatoms. The second-order valence-electron chi connectivity index (χ2n) is 19.3. The molecule has 0 aromatic heterocycles. The van der Waals surface area contributed by atoms with Crippen LogP contribution >= 0.6 is 0 Å². The molecule has 8 rings (SSSR count). The summed E-state index contributed by atoms with van der Waals surface area (Å²) in [6, 6.07) is 27.0. The summed E-state index contributed by atoms with van der Waals surface area (Å²) >= 11 is 0. The van der Waals surface area contributed by atoms with Crippen molar-refractivity contribution in [3.8, 4) is 5.75 Å². The number of rotatable bonds is 12. The summed E-state index contributed by atoms with van der Waals surface area (Å²) in [7, 11) is 0. The molecule has 0 radical (unpaired) electrons. The van der Waals surface area contributed by atoms with Gasteiger partial charge in [-0.3, -0.25) is 24.5 Å². The first-order chi connectivity index (χ1) is 33.6. The number of nitrogens with one attached hydrogen (secondary N) is 1. The quantitative estimate of drug-likeness (QED) is 0.0339. The number of ketones is 1. The molecule has 11 atom stereocenters. The van der Waals surface area contributed by atoms with Gasteiger partial charge in [-0.2, -0.15) is 0 Å². The van der Waals surface area contributed by atoms with Crippen molar-refractivity contribution in [3.05, 3.63) is 153 Å². The summed E-state index contributed by atoms with van der Waals surface area (Å²) in [6.45, 7) is 8.96. The number of aliphatic hydroxyl groups is 2. The number of Topliss-reactive ketones (excluding diaryl/α,β-unsaturated/α-hetero) is 1. The number of esters is 3. The van der Waals surface area contributed by atoms with Gasteiger partial charge in [-0.1, -0.05) is 87.5 Å². The predicted octanol–water partition coefficient (Wildman–Crippen LogP) is 6.57. The first-order valence-corrected chi connectivity index (χ1v) is 23.1. The maximum atomic E-state index is 15.5. The number of benzene rings is 4. The van der Waals surface area contributed by atoms with Crippen molar-refractivity contribution in [2.45, 2.75) is 102 Å². The fourth-order valence-corrected chi connectivity index (χ4v) is 11.4. The summed E-state index contributed by atoms with van der Waals surface area (Å²) in [5.74, 6) is -6.90. The number of nitro groups is 1. The van der Waals surface area contributed by atoms with E-state index in [-0.39, 0.29) is 41.2 Å². The van der Waals surface area contributed by atoms with Gasteiger partial charge in [0.05, 0.1) is 34.5 Å². The van der Waals surface area contributed by atoms with Crippen LogP contribution in [-0.2, 0) is 38.1 Å². The van der Waals surface area contributed by atoms with Gasteiger partial charge in [0.1, 0.15) is 41.5 Å². The van der Waals surface area contributed by atoms with E-state index in [1.165, 1.54) is 38.1 Å². The lowest BCUT2D eigenvalue weighted by molar-refractivity contribution is -0.384. The average molecular weight is 975 g/mol. The van der Waals surface area contributed by atoms with Gasteiger partial charge < -0.3 is 44.0 Å². The van der Waals surface area contributed by atoms with E-state index in [2.05, 4.69) is 5.32 Å². The Morgan fingerprint density at radius 2 is 1.45 bits per heavy atom. The van der Waals surface area contributed by atoms with Crippen molar-refractivity contribution in [1.82, 2.24) is 5.32 Å². The topological polar surface area (TPSA) is 253 Å². The largest absolute Gasteiger partial charge is 0.514 e. The fourth-order valence-electron chi connectivity index (χ4n) is 11.4. The van der Waals surface area contributed by atoms with Crippen molar-refractivity contribution >= 4 is 41.4 Å². The molecule has 4 aliphatic rings. The van der Waals surface area contributed by atoms with Crippen molar-refractivity contribution in [1.29, 1.82) is 0 Å². The molecule has 2 bridgehead atoms. The highest BCUT2D eigenvalue weighted by Crippen LogP contribution is 2.65. The van der Waals surface area contributed by atoms with Crippen LogP contribution in [0.3, 0.4) is 0 Å². The van der Waals surface area contributed by atoms with E-state index in [9.17, 15) is 39.5 Å². The van der Waals surface area contributed by atoms with E-state index in [0.29, 0.717) is 11.1 Å². The standard InChI is InChI=1S/C53H54N2O16/c1-29-37(68-48(61)42(69-49(62)67-36-24-22-35(23-25-36)55(64)65)41(32-16-10-7-11-17-32)54-46(59)33-18-12-8-13-19-33)27-53(63)45(70-47(60)34-20-14-9-15-21-34)43-51(6,44(58)30(2)40(29)50(53,4)5)38(57)26-39-52(43,28-66-39)71-31(3)56/h7-25,30,37-39,41-43,45,57,63H,26-28H2,1-6H3,(H,54,59)/t30-,37+,38+,39-,41+,42-,43+,45+,51-,52+,53-/m1/s1. The summed E-state index contributed by atoms with van der Waals surface area (Å²) in [4.78, 5) is 96.5. The molecule has 3 N–H and O–H groups in total. The third-order valence-electron chi connectivity index (χ3n) is 15.0. The molecule has 0 spiro atoms. The zero-order chi connectivity index (χ0) is 51.2. The molecule has 1 heterocycles. The second-order valence-corrected chi connectivity index (χ2v) is 19.3. The molecule has 4 aromatic carbocycles. The summed E-state index contributed by atoms with van der Waals surface area (Å²) in [6.07, 6.45) is -9.87. The SMILES string of the molecule is CC(=O)O[C@@]12CO[C@@H]1C[C@H](O)[C@@]1(C)C(=O)[C@H](C)C3=C(C)[C@@H](OC(=O)[C@H](OC(=O)Oc4ccc([N+](=O)[O-])cc4)[C@@H](NC(=O)c4ccccc4)c4ccccc4)C[C@@](O)([C@@H](OC(=O)c4ccccc4)[C@H]21)C3(C)C. The summed E-state index contributed by atoms with van der Waals surface area (Å²) < 4.78 is 36.1. The number of non-ortho nitro benzene ring substituents is 1. The van der Waals surface area contributed by atoms with Gasteiger partial charge in [0, 0.05) is 48.8 Å². The van der Waals surface area contributed by atoms with Gasteiger partial charge in [0.15, 0.2) is 5.60 Å². The Labute approximate surface area is 408 Å². The lowest BCUT2D eigenvalue weighted by Crippen LogP contribution is -2.81. The van der Waals surface area contributed by atoms with Crippen LogP contribution in [0.2, 0.25) is 0 Å². The van der Waals surface area contributed by atoms with Crippen molar-refractivity contribution in [3.63, 3.8) is 0 Å². The highest BCUT2D eigenvalue weighted by atomic mass is 16.7. The first-order valence-electron chi connectivity index (χ1n) is 23.1. The maximum Gasteiger partial charge on any atom is 0.514 e. The van der Waals surface area contributed by atoms with E-state index in [1.54, 1.807) is 94.4 Å². The number of carbonyl (C=O) groups is 6. The smallest absolute Gasteiger partial charge is 0.455 e. The molecule has 2 saturated carbocycles. The molecule has 4 aromatic rings. The molecule has 18 nitrogen and oxygen atoms in total. The van der Waals surface area contributed by atoms with Crippen LogP contribution < -0.4 is 10.1 Å². The van der Waals surface area contributed by atoms with E-state index >= 15 is 9.59 Å². The molecular weight excluding hydrogens is 921 g/mol. The molecule has 71 heavy (non-hydrogen) atoms. The Hall–Kier alpha value is -7.28. The summed E-state index contributed by atoms with van der Waals surface area (Å²) in [5, 5.41) is 40.1. The lowest BCUT2D eigenvalue weighted by atomic mass is 9.43. The molecule has 3 fully saturated rings. The van der Waals surface area contributed by atoms with Crippen molar-refractivity contribution in [2.24, 2.45) is 22.7 Å². The van der Waals surface area contributed by atoms with Gasteiger partial charge >= 0.3 is 24.1 Å². The van der Waals surface area contributed by atoms with Gasteiger partial charge in [-0.25, -0.2) is 14.4 Å². The van der Waals surface area contributed by atoms with Crippen LogP contribution in [0.5, 0.6) is 5.75 Å². The minimum absolute atomic E-state index is 0.0764. The van der Waals surface area contributed by atoms with E-state index < -0.39 is 118 Å². The van der Waals surface area contributed by atoms with Gasteiger partial charge in [0.25, 0.3) is 11.6 Å². The Balaban J connectivity index is 1.25. The molecule has 1 aliphatic heterocycles. The average Bonchev–Trinajstić information content (AvgIpc) is 3.34. The van der Waals surface area contributed by atoms with Crippen LogP contribution in [-0.4, -0.2) is 99.2 Å². The number of hydrogen-bond donors (Lipinski definition) is 3. The number of nitrogens with zero attached hydrogens (tertiary/aromatic N) is 1. The zero-order valence-corrected chi connectivity index (χ0v) is 39.8. The molecule has 0 unspecified atom stereocenters.